The van der Waals surface area contributed by atoms with E-state index >= 15 is 0 Å². The summed E-state index contributed by atoms with van der Waals surface area (Å²) in [4.78, 5) is 2.47. The van der Waals surface area contributed by atoms with Gasteiger partial charge in [0.25, 0.3) is 0 Å². The van der Waals surface area contributed by atoms with Crippen LogP contribution in [0.4, 0.5) is 0 Å². The maximum atomic E-state index is 9.52. The van der Waals surface area contributed by atoms with E-state index in [4.69, 9.17) is 5.73 Å². The average molecular weight is 234 g/mol. The predicted octanol–water partition coefficient (Wildman–Crippen LogP) is 1.36. The topological polar surface area (TPSA) is 49.5 Å². The number of hydrogen-bond acceptors (Lipinski definition) is 3. The van der Waals surface area contributed by atoms with Crippen LogP contribution < -0.4 is 5.73 Å². The fourth-order valence-electron chi connectivity index (χ4n) is 2.08. The van der Waals surface area contributed by atoms with Gasteiger partial charge in [-0.1, -0.05) is 30.3 Å². The highest BCUT2D eigenvalue weighted by molar-refractivity contribution is 5.14. The second-order valence-corrected chi connectivity index (χ2v) is 4.87. The first-order valence-corrected chi connectivity index (χ1v) is 6.45. The minimum atomic E-state index is -0.355. The first-order chi connectivity index (χ1) is 8.29. The van der Waals surface area contributed by atoms with Gasteiger partial charge in [-0.25, -0.2) is 0 Å². The minimum Gasteiger partial charge on any atom is -0.392 e. The lowest BCUT2D eigenvalue weighted by atomic mass is 10.2. The van der Waals surface area contributed by atoms with Crippen LogP contribution >= 0.6 is 0 Å². The Bertz CT molecular complexity index is 324. The molecule has 0 radical (unpaired) electrons. The molecule has 1 atom stereocenters. The van der Waals surface area contributed by atoms with E-state index < -0.39 is 0 Å². The van der Waals surface area contributed by atoms with Crippen molar-refractivity contribution in [2.24, 2.45) is 5.73 Å². The van der Waals surface area contributed by atoms with Crippen LogP contribution in [-0.2, 0) is 6.54 Å². The van der Waals surface area contributed by atoms with Gasteiger partial charge in [0.05, 0.1) is 6.10 Å². The Labute approximate surface area is 103 Å². The van der Waals surface area contributed by atoms with Crippen LogP contribution in [0.25, 0.3) is 0 Å². The van der Waals surface area contributed by atoms with Gasteiger partial charge in [-0.3, -0.25) is 4.90 Å². The van der Waals surface area contributed by atoms with Gasteiger partial charge in [-0.15, -0.1) is 0 Å². The summed E-state index contributed by atoms with van der Waals surface area (Å²) in [5.41, 5.74) is 6.78. The zero-order valence-electron chi connectivity index (χ0n) is 10.3. The van der Waals surface area contributed by atoms with Crippen molar-refractivity contribution in [2.45, 2.75) is 38.0 Å². The molecule has 3 heteroatoms. The van der Waals surface area contributed by atoms with E-state index in [2.05, 4.69) is 29.2 Å². The van der Waals surface area contributed by atoms with Crippen molar-refractivity contribution in [3.05, 3.63) is 35.9 Å². The number of aliphatic hydroxyl groups is 1. The van der Waals surface area contributed by atoms with E-state index in [-0.39, 0.29) is 6.10 Å². The maximum Gasteiger partial charge on any atom is 0.0674 e. The van der Waals surface area contributed by atoms with Gasteiger partial charge in [-0.2, -0.15) is 0 Å². The van der Waals surface area contributed by atoms with Gasteiger partial charge in [0, 0.05) is 25.7 Å². The first kappa shape index (κ1) is 12.6. The molecule has 0 aliphatic heterocycles. The molecular weight excluding hydrogens is 212 g/mol. The van der Waals surface area contributed by atoms with Crippen molar-refractivity contribution in [1.29, 1.82) is 0 Å². The molecule has 1 aromatic carbocycles. The fourth-order valence-corrected chi connectivity index (χ4v) is 2.08. The number of benzene rings is 1. The number of nitrogens with two attached hydrogens (primary N) is 1. The van der Waals surface area contributed by atoms with E-state index in [1.54, 1.807) is 0 Å². The molecule has 0 heterocycles. The Morgan fingerprint density at radius 2 is 2.00 bits per heavy atom. The lowest BCUT2D eigenvalue weighted by Gasteiger charge is -2.23. The summed E-state index contributed by atoms with van der Waals surface area (Å²) in [5.74, 6) is 0. The number of nitrogens with zero attached hydrogens (tertiary/aromatic N) is 1. The minimum absolute atomic E-state index is 0.355. The fraction of sp³-hybridized carbons (Fsp3) is 0.571. The molecule has 1 saturated carbocycles. The summed E-state index contributed by atoms with van der Waals surface area (Å²) < 4.78 is 0. The van der Waals surface area contributed by atoms with E-state index in [0.29, 0.717) is 6.54 Å². The van der Waals surface area contributed by atoms with E-state index in [0.717, 1.165) is 25.6 Å². The predicted molar refractivity (Wildman–Crippen MR) is 69.6 cm³/mol. The second-order valence-electron chi connectivity index (χ2n) is 4.87. The third kappa shape index (κ3) is 4.11. The molecule has 0 amide bonds. The molecule has 2 rings (SSSR count). The van der Waals surface area contributed by atoms with Crippen molar-refractivity contribution in [2.75, 3.05) is 13.1 Å². The highest BCUT2D eigenvalue weighted by Crippen LogP contribution is 2.28. The molecule has 0 bridgehead atoms. The van der Waals surface area contributed by atoms with Crippen LogP contribution in [-0.4, -0.2) is 35.2 Å². The van der Waals surface area contributed by atoms with Gasteiger partial charge in [-0.05, 0) is 24.8 Å². The van der Waals surface area contributed by atoms with Gasteiger partial charge in [0.15, 0.2) is 0 Å². The summed E-state index contributed by atoms with van der Waals surface area (Å²) in [5, 5.41) is 9.52. The van der Waals surface area contributed by atoms with E-state index in [1.807, 2.05) is 6.07 Å². The van der Waals surface area contributed by atoms with Crippen molar-refractivity contribution < 1.29 is 5.11 Å². The number of aliphatic hydroxyl groups excluding tert-OH is 1. The molecule has 94 valence electrons. The highest BCUT2D eigenvalue weighted by Gasteiger charge is 2.28. The van der Waals surface area contributed by atoms with Crippen molar-refractivity contribution in [1.82, 2.24) is 4.90 Å². The van der Waals surface area contributed by atoms with E-state index in [9.17, 15) is 5.11 Å². The number of rotatable bonds is 7. The lowest BCUT2D eigenvalue weighted by Crippen LogP contribution is -2.31. The Morgan fingerprint density at radius 1 is 1.29 bits per heavy atom. The molecule has 3 N–H and O–H groups in total. The molecular formula is C14H22N2O. The standard InChI is InChI=1S/C14H22N2O/c15-10-14(17)8-9-16(13-6-7-13)11-12-4-2-1-3-5-12/h1-5,13-14,17H,6-11,15H2. The van der Waals surface area contributed by atoms with Crippen LogP contribution in [0.2, 0.25) is 0 Å². The lowest BCUT2D eigenvalue weighted by molar-refractivity contribution is 0.141. The van der Waals surface area contributed by atoms with Crippen molar-refractivity contribution in [3.8, 4) is 0 Å². The zero-order chi connectivity index (χ0) is 12.1. The molecule has 1 aromatic rings. The van der Waals surface area contributed by atoms with Gasteiger partial charge in [0.2, 0.25) is 0 Å². The second kappa shape index (κ2) is 6.15. The quantitative estimate of drug-likeness (QED) is 0.749. The monoisotopic (exact) mass is 234 g/mol. The largest absolute Gasteiger partial charge is 0.392 e. The molecule has 3 nitrogen and oxygen atoms in total. The average Bonchev–Trinajstić information content (AvgIpc) is 3.19. The first-order valence-electron chi connectivity index (χ1n) is 6.45. The summed E-state index contributed by atoms with van der Waals surface area (Å²) in [6.45, 7) is 2.30. The molecule has 1 fully saturated rings. The van der Waals surface area contributed by atoms with Gasteiger partial charge in [0.1, 0.15) is 0 Å². The Morgan fingerprint density at radius 3 is 2.59 bits per heavy atom. The van der Waals surface area contributed by atoms with Crippen LogP contribution in [0.15, 0.2) is 30.3 Å². The summed E-state index contributed by atoms with van der Waals surface area (Å²) in [7, 11) is 0. The Balaban J connectivity index is 1.85. The van der Waals surface area contributed by atoms with Gasteiger partial charge < -0.3 is 10.8 Å². The molecule has 1 aliphatic rings. The number of hydrogen-bond donors (Lipinski definition) is 2. The third-order valence-electron chi connectivity index (χ3n) is 3.31. The third-order valence-corrected chi connectivity index (χ3v) is 3.31. The smallest absolute Gasteiger partial charge is 0.0674 e. The normalized spacial score (nSPS) is 17.4. The maximum absolute atomic E-state index is 9.52. The zero-order valence-corrected chi connectivity index (χ0v) is 10.3. The Kier molecular flexibility index (Phi) is 4.54. The molecule has 1 unspecified atom stereocenters. The molecule has 0 saturated heterocycles. The Hall–Kier alpha value is -0.900. The highest BCUT2D eigenvalue weighted by atomic mass is 16.3. The molecule has 0 aromatic heterocycles. The molecule has 1 aliphatic carbocycles. The van der Waals surface area contributed by atoms with Crippen molar-refractivity contribution >= 4 is 0 Å². The van der Waals surface area contributed by atoms with Crippen LogP contribution in [0, 0.1) is 0 Å². The van der Waals surface area contributed by atoms with Crippen molar-refractivity contribution in [3.63, 3.8) is 0 Å². The summed E-state index contributed by atoms with van der Waals surface area (Å²) in [6.07, 6.45) is 3.02. The van der Waals surface area contributed by atoms with Crippen LogP contribution in [0.1, 0.15) is 24.8 Å². The SMILES string of the molecule is NCC(O)CCN(Cc1ccccc1)C1CC1. The molecule has 17 heavy (non-hydrogen) atoms. The summed E-state index contributed by atoms with van der Waals surface area (Å²) in [6, 6.07) is 11.2. The van der Waals surface area contributed by atoms with Crippen LogP contribution in [0.3, 0.4) is 0 Å². The summed E-state index contributed by atoms with van der Waals surface area (Å²) >= 11 is 0. The molecule has 0 spiro atoms. The van der Waals surface area contributed by atoms with Gasteiger partial charge >= 0.3 is 0 Å². The van der Waals surface area contributed by atoms with Crippen LogP contribution in [0.5, 0.6) is 0 Å². The van der Waals surface area contributed by atoms with E-state index in [1.165, 1.54) is 18.4 Å².